The third-order valence-electron chi connectivity index (χ3n) is 5.22. The van der Waals surface area contributed by atoms with Crippen LogP contribution in [-0.2, 0) is 23.9 Å². The van der Waals surface area contributed by atoms with Gasteiger partial charge >= 0.3 is 0 Å². The predicted molar refractivity (Wildman–Crippen MR) is 125 cm³/mol. The number of ether oxygens (including phenoxy) is 2. The van der Waals surface area contributed by atoms with Crippen molar-refractivity contribution in [1.29, 1.82) is 0 Å². The van der Waals surface area contributed by atoms with Crippen LogP contribution in [0.4, 0.5) is 0 Å². The molecular formula is C22H34N4O7S. The van der Waals surface area contributed by atoms with E-state index in [1.54, 1.807) is 20.1 Å². The van der Waals surface area contributed by atoms with E-state index in [2.05, 4.69) is 21.1 Å². The number of nitrogens with zero attached hydrogens (tertiary/aromatic N) is 1. The molecule has 0 bridgehead atoms. The lowest BCUT2D eigenvalue weighted by Crippen LogP contribution is -2.58. The van der Waals surface area contributed by atoms with Crippen molar-refractivity contribution in [3.8, 4) is 0 Å². The van der Waals surface area contributed by atoms with E-state index in [0.29, 0.717) is 18.8 Å². The molecule has 0 aromatic carbocycles. The first-order valence-corrected chi connectivity index (χ1v) is 12.4. The fourth-order valence-electron chi connectivity index (χ4n) is 3.27. The number of ketones is 1. The summed E-state index contributed by atoms with van der Waals surface area (Å²) in [5.41, 5.74) is -0.839. The van der Waals surface area contributed by atoms with Gasteiger partial charge in [0.25, 0.3) is 5.91 Å². The number of rotatable bonds is 14. The average molecular weight is 499 g/mol. The Balaban J connectivity index is 2.08. The number of carbonyl (C=O) groups is 4. The SMILES string of the molecule is COC[C@H](NC(=O)[C@@H](CSC)NC(=O)c1cc(C)on1)C(=O)N[C@@H](CC(C)C)C(=O)[C@@]1(C)CO1. The lowest BCUT2D eigenvalue weighted by Gasteiger charge is -2.26. The van der Waals surface area contributed by atoms with Crippen LogP contribution >= 0.6 is 11.8 Å². The fraction of sp³-hybridized carbons (Fsp3) is 0.682. The van der Waals surface area contributed by atoms with E-state index < -0.39 is 41.4 Å². The van der Waals surface area contributed by atoms with Crippen molar-refractivity contribution in [2.45, 2.75) is 57.8 Å². The Morgan fingerprint density at radius 3 is 2.26 bits per heavy atom. The molecule has 0 unspecified atom stereocenters. The highest BCUT2D eigenvalue weighted by atomic mass is 32.2. The van der Waals surface area contributed by atoms with Crippen LogP contribution in [0.15, 0.2) is 10.6 Å². The Hall–Kier alpha value is -2.44. The molecule has 190 valence electrons. The van der Waals surface area contributed by atoms with Crippen LogP contribution < -0.4 is 16.0 Å². The number of methoxy groups -OCH3 is 1. The van der Waals surface area contributed by atoms with Gasteiger partial charge in [-0.1, -0.05) is 19.0 Å². The van der Waals surface area contributed by atoms with Gasteiger partial charge in [-0.05, 0) is 32.4 Å². The average Bonchev–Trinajstić information content (AvgIpc) is 3.37. The maximum absolute atomic E-state index is 13.0. The van der Waals surface area contributed by atoms with E-state index in [-0.39, 0.29) is 29.8 Å². The molecule has 1 fully saturated rings. The summed E-state index contributed by atoms with van der Waals surface area (Å²) < 4.78 is 15.3. The topological polar surface area (TPSA) is 152 Å². The summed E-state index contributed by atoms with van der Waals surface area (Å²) in [5, 5.41) is 11.6. The summed E-state index contributed by atoms with van der Waals surface area (Å²) >= 11 is 1.35. The van der Waals surface area contributed by atoms with Gasteiger partial charge in [0.15, 0.2) is 11.5 Å². The maximum atomic E-state index is 13.0. The smallest absolute Gasteiger partial charge is 0.274 e. The summed E-state index contributed by atoms with van der Waals surface area (Å²) in [4.78, 5) is 51.3. The summed E-state index contributed by atoms with van der Waals surface area (Å²) in [6.07, 6.45) is 2.22. The molecule has 0 radical (unpaired) electrons. The minimum absolute atomic E-state index is 0.0495. The molecule has 2 rings (SSSR count). The predicted octanol–water partition coefficient (Wildman–Crippen LogP) is 0.465. The second kappa shape index (κ2) is 12.3. The summed E-state index contributed by atoms with van der Waals surface area (Å²) in [6.45, 7) is 7.43. The van der Waals surface area contributed by atoms with Gasteiger partial charge in [-0.2, -0.15) is 11.8 Å². The van der Waals surface area contributed by atoms with Gasteiger partial charge in [-0.15, -0.1) is 0 Å². The molecule has 11 nitrogen and oxygen atoms in total. The van der Waals surface area contributed by atoms with Crippen LogP contribution in [0.2, 0.25) is 0 Å². The molecule has 1 aromatic heterocycles. The molecular weight excluding hydrogens is 464 g/mol. The highest BCUT2D eigenvalue weighted by molar-refractivity contribution is 7.98. The van der Waals surface area contributed by atoms with E-state index in [1.807, 2.05) is 13.8 Å². The molecule has 12 heteroatoms. The van der Waals surface area contributed by atoms with Crippen molar-refractivity contribution in [3.05, 3.63) is 17.5 Å². The summed E-state index contributed by atoms with van der Waals surface area (Å²) in [6, 6.07) is -1.30. The molecule has 2 heterocycles. The number of Topliss-reactive ketones (excluding diaryl/α,β-unsaturated/α-hetero) is 1. The second-order valence-electron chi connectivity index (χ2n) is 8.90. The summed E-state index contributed by atoms with van der Waals surface area (Å²) in [5.74, 6) is -1.02. The van der Waals surface area contributed by atoms with Gasteiger partial charge in [-0.25, -0.2) is 0 Å². The molecule has 4 atom stereocenters. The third-order valence-corrected chi connectivity index (χ3v) is 5.89. The molecule has 34 heavy (non-hydrogen) atoms. The number of carbonyl (C=O) groups excluding carboxylic acids is 4. The van der Waals surface area contributed by atoms with E-state index >= 15 is 0 Å². The van der Waals surface area contributed by atoms with Gasteiger partial charge < -0.3 is 29.9 Å². The number of hydrogen-bond donors (Lipinski definition) is 3. The largest absolute Gasteiger partial charge is 0.382 e. The first kappa shape index (κ1) is 27.8. The van der Waals surface area contributed by atoms with Crippen LogP contribution in [-0.4, -0.2) is 84.7 Å². The Bertz CT molecular complexity index is 884. The van der Waals surface area contributed by atoms with Crippen molar-refractivity contribution in [2.75, 3.05) is 32.3 Å². The molecule has 1 aliphatic rings. The molecule has 3 N–H and O–H groups in total. The monoisotopic (exact) mass is 498 g/mol. The number of amides is 3. The molecule has 1 aliphatic heterocycles. The maximum Gasteiger partial charge on any atom is 0.274 e. The van der Waals surface area contributed by atoms with Crippen molar-refractivity contribution < 1.29 is 33.2 Å². The Labute approximate surface area is 203 Å². The summed E-state index contributed by atoms with van der Waals surface area (Å²) in [7, 11) is 1.40. The van der Waals surface area contributed by atoms with Gasteiger partial charge in [0.05, 0.1) is 19.3 Å². The standard InChI is InChI=1S/C22H34N4O7S/c1-12(2)7-14(18(27)22(4)11-32-22)23-20(29)16(9-31-5)24-21(30)17(10-34-6)25-19(28)15-8-13(3)33-26-15/h8,12,14,16-17H,7,9-11H2,1-6H3,(H,23,29)(H,24,30)(H,25,28)/t14-,16-,17+,22+/m0/s1. The number of epoxide rings is 1. The van der Waals surface area contributed by atoms with Crippen LogP contribution in [0.1, 0.15) is 43.4 Å². The molecule has 1 aromatic rings. The highest BCUT2D eigenvalue weighted by Crippen LogP contribution is 2.29. The number of thioether (sulfide) groups is 1. The zero-order valence-corrected chi connectivity index (χ0v) is 21.2. The quantitative estimate of drug-likeness (QED) is 0.311. The zero-order chi connectivity index (χ0) is 25.5. The minimum Gasteiger partial charge on any atom is -0.382 e. The van der Waals surface area contributed by atoms with Gasteiger partial charge in [0.2, 0.25) is 11.8 Å². The first-order valence-electron chi connectivity index (χ1n) is 11.0. The molecule has 0 spiro atoms. The van der Waals surface area contributed by atoms with E-state index in [4.69, 9.17) is 14.0 Å². The third kappa shape index (κ3) is 7.81. The Kier molecular flexibility index (Phi) is 10.1. The Morgan fingerprint density at radius 1 is 1.15 bits per heavy atom. The zero-order valence-electron chi connectivity index (χ0n) is 20.4. The lowest BCUT2D eigenvalue weighted by atomic mass is 9.93. The number of aryl methyl sites for hydroxylation is 1. The Morgan fingerprint density at radius 2 is 1.76 bits per heavy atom. The number of hydrogen-bond acceptors (Lipinski definition) is 9. The van der Waals surface area contributed by atoms with Crippen LogP contribution in [0.25, 0.3) is 0 Å². The van der Waals surface area contributed by atoms with Crippen molar-refractivity contribution in [1.82, 2.24) is 21.1 Å². The molecule has 3 amide bonds. The molecule has 0 aliphatic carbocycles. The number of nitrogens with one attached hydrogen (secondary N) is 3. The van der Waals surface area contributed by atoms with Crippen LogP contribution in [0, 0.1) is 12.8 Å². The van der Waals surface area contributed by atoms with E-state index in [1.165, 1.54) is 24.9 Å². The van der Waals surface area contributed by atoms with Crippen molar-refractivity contribution in [3.63, 3.8) is 0 Å². The highest BCUT2D eigenvalue weighted by Gasteiger charge is 2.50. The van der Waals surface area contributed by atoms with Gasteiger partial charge in [-0.3, -0.25) is 19.2 Å². The van der Waals surface area contributed by atoms with Crippen LogP contribution in [0.5, 0.6) is 0 Å². The van der Waals surface area contributed by atoms with Crippen molar-refractivity contribution in [2.24, 2.45) is 5.92 Å². The van der Waals surface area contributed by atoms with Gasteiger partial charge in [0.1, 0.15) is 23.4 Å². The molecule has 0 saturated carbocycles. The lowest BCUT2D eigenvalue weighted by molar-refractivity contribution is -0.134. The number of aromatic nitrogens is 1. The van der Waals surface area contributed by atoms with Crippen molar-refractivity contribution >= 4 is 35.3 Å². The fourth-order valence-corrected chi connectivity index (χ4v) is 3.84. The molecule has 1 saturated heterocycles. The first-order chi connectivity index (χ1) is 16.0. The minimum atomic E-state index is -1.07. The normalized spacial score (nSPS) is 19.7. The van der Waals surface area contributed by atoms with Crippen LogP contribution in [0.3, 0.4) is 0 Å². The second-order valence-corrected chi connectivity index (χ2v) is 9.81. The van der Waals surface area contributed by atoms with Gasteiger partial charge in [0, 0.05) is 18.9 Å². The van der Waals surface area contributed by atoms with E-state index in [9.17, 15) is 19.2 Å². The van der Waals surface area contributed by atoms with E-state index in [0.717, 1.165) is 0 Å².